The van der Waals surface area contributed by atoms with Crippen molar-refractivity contribution in [2.45, 2.75) is 5.41 Å². The molecular weight excluding hydrogens is 795 g/mol. The number of benzene rings is 10. The SMILES string of the molecule is c1ccc(-c2ccc(N(c3ccc(-c4ccc5c(c4)sc4ccccc45)cc3)c3cccc(-c4ccc5c(c4)Oc4ccccc4C54c5ccccc5-c5ccccc54)c3)cc2)cc1. The molecule has 13 rings (SSSR count). The van der Waals surface area contributed by atoms with Crippen molar-refractivity contribution in [2.24, 2.45) is 0 Å². The molecule has 10 aromatic carbocycles. The molecule has 0 amide bonds. The number of rotatable bonds is 6. The van der Waals surface area contributed by atoms with Gasteiger partial charge in [0, 0.05) is 48.4 Å². The fraction of sp³-hybridized carbons (Fsp3) is 0.0164. The van der Waals surface area contributed by atoms with Crippen LogP contribution >= 0.6 is 11.3 Å². The highest BCUT2D eigenvalue weighted by atomic mass is 32.1. The zero-order valence-electron chi connectivity index (χ0n) is 34.8. The second kappa shape index (κ2) is 14.6. The monoisotopic (exact) mass is 833 g/mol. The average molecular weight is 834 g/mol. The Labute approximate surface area is 376 Å². The maximum atomic E-state index is 6.90. The van der Waals surface area contributed by atoms with E-state index in [0.717, 1.165) is 45.3 Å². The summed E-state index contributed by atoms with van der Waals surface area (Å²) < 4.78 is 9.53. The molecule has 2 nitrogen and oxygen atoms in total. The Bertz CT molecular complexity index is 3540. The number of ether oxygens (including phenoxy) is 1. The first-order valence-electron chi connectivity index (χ1n) is 21.9. The zero-order valence-corrected chi connectivity index (χ0v) is 35.6. The Morgan fingerprint density at radius 3 is 1.58 bits per heavy atom. The molecule has 0 radical (unpaired) electrons. The largest absolute Gasteiger partial charge is 0.457 e. The van der Waals surface area contributed by atoms with Gasteiger partial charge in [-0.05, 0) is 116 Å². The minimum absolute atomic E-state index is 0.490. The topological polar surface area (TPSA) is 12.5 Å². The molecule has 0 N–H and O–H groups in total. The molecule has 0 bridgehead atoms. The van der Waals surface area contributed by atoms with Gasteiger partial charge in [-0.2, -0.15) is 0 Å². The van der Waals surface area contributed by atoms with Gasteiger partial charge in [0.15, 0.2) is 0 Å². The van der Waals surface area contributed by atoms with Gasteiger partial charge in [-0.3, -0.25) is 0 Å². The van der Waals surface area contributed by atoms with Crippen LogP contribution in [0.2, 0.25) is 0 Å². The predicted molar refractivity (Wildman–Crippen MR) is 268 cm³/mol. The molecule has 64 heavy (non-hydrogen) atoms. The molecule has 0 atom stereocenters. The Morgan fingerprint density at radius 2 is 0.828 bits per heavy atom. The van der Waals surface area contributed by atoms with Crippen molar-refractivity contribution in [2.75, 3.05) is 4.90 Å². The number of hydrogen-bond acceptors (Lipinski definition) is 3. The van der Waals surface area contributed by atoms with Crippen LogP contribution in [-0.2, 0) is 5.41 Å². The van der Waals surface area contributed by atoms with Crippen molar-refractivity contribution in [3.05, 3.63) is 259 Å². The van der Waals surface area contributed by atoms with Gasteiger partial charge in [-0.1, -0.05) is 176 Å². The second-order valence-electron chi connectivity index (χ2n) is 16.8. The summed E-state index contributed by atoms with van der Waals surface area (Å²) in [6, 6.07) is 86.2. The molecule has 2 heterocycles. The number of para-hydroxylation sites is 1. The fourth-order valence-electron chi connectivity index (χ4n) is 10.5. The first-order chi connectivity index (χ1) is 31.7. The lowest BCUT2D eigenvalue weighted by Gasteiger charge is -2.39. The van der Waals surface area contributed by atoms with Crippen LogP contribution in [0.1, 0.15) is 22.3 Å². The summed E-state index contributed by atoms with van der Waals surface area (Å²) in [6.45, 7) is 0. The van der Waals surface area contributed by atoms with E-state index in [4.69, 9.17) is 4.74 Å². The molecule has 2 aliphatic rings. The van der Waals surface area contributed by atoms with Gasteiger partial charge in [0.05, 0.1) is 5.41 Å². The molecule has 1 aromatic heterocycles. The van der Waals surface area contributed by atoms with Crippen LogP contribution in [0, 0.1) is 0 Å². The quantitative estimate of drug-likeness (QED) is 0.165. The van der Waals surface area contributed by atoms with Crippen molar-refractivity contribution >= 4 is 48.6 Å². The van der Waals surface area contributed by atoms with Crippen LogP contribution in [0.15, 0.2) is 237 Å². The number of thiophene rings is 1. The van der Waals surface area contributed by atoms with Gasteiger partial charge in [0.1, 0.15) is 11.5 Å². The summed E-state index contributed by atoms with van der Waals surface area (Å²) in [5.41, 5.74) is 17.2. The molecule has 0 saturated carbocycles. The summed E-state index contributed by atoms with van der Waals surface area (Å²) in [7, 11) is 0. The van der Waals surface area contributed by atoms with E-state index in [2.05, 4.69) is 241 Å². The van der Waals surface area contributed by atoms with Gasteiger partial charge in [0.25, 0.3) is 0 Å². The predicted octanol–water partition coefficient (Wildman–Crippen LogP) is 17.0. The Morgan fingerprint density at radius 1 is 0.312 bits per heavy atom. The highest BCUT2D eigenvalue weighted by Crippen LogP contribution is 2.62. The molecule has 0 fully saturated rings. The first kappa shape index (κ1) is 36.7. The van der Waals surface area contributed by atoms with Crippen LogP contribution in [0.3, 0.4) is 0 Å². The van der Waals surface area contributed by atoms with E-state index < -0.39 is 5.41 Å². The van der Waals surface area contributed by atoms with E-state index in [1.54, 1.807) is 0 Å². The van der Waals surface area contributed by atoms with Crippen LogP contribution < -0.4 is 9.64 Å². The van der Waals surface area contributed by atoms with E-state index >= 15 is 0 Å². The van der Waals surface area contributed by atoms with E-state index in [1.165, 1.54) is 70.2 Å². The molecule has 11 aromatic rings. The van der Waals surface area contributed by atoms with Crippen molar-refractivity contribution in [1.29, 1.82) is 0 Å². The maximum absolute atomic E-state index is 6.90. The molecule has 1 spiro atoms. The molecule has 300 valence electrons. The minimum Gasteiger partial charge on any atom is -0.457 e. The lowest BCUT2D eigenvalue weighted by Crippen LogP contribution is -2.32. The van der Waals surface area contributed by atoms with Crippen LogP contribution in [0.4, 0.5) is 17.1 Å². The summed E-state index contributed by atoms with van der Waals surface area (Å²) >= 11 is 1.86. The third-order valence-electron chi connectivity index (χ3n) is 13.4. The Kier molecular flexibility index (Phi) is 8.34. The Balaban J connectivity index is 0.913. The van der Waals surface area contributed by atoms with Gasteiger partial charge in [-0.15, -0.1) is 11.3 Å². The van der Waals surface area contributed by atoms with Crippen molar-refractivity contribution in [3.8, 4) is 56.0 Å². The maximum Gasteiger partial charge on any atom is 0.132 e. The summed E-state index contributed by atoms with van der Waals surface area (Å²) in [4.78, 5) is 2.36. The summed E-state index contributed by atoms with van der Waals surface area (Å²) in [6.07, 6.45) is 0. The lowest BCUT2D eigenvalue weighted by molar-refractivity contribution is 0.436. The fourth-order valence-corrected chi connectivity index (χ4v) is 11.6. The molecule has 0 saturated heterocycles. The molecule has 0 unspecified atom stereocenters. The number of anilines is 3. The molecule has 1 aliphatic heterocycles. The third-order valence-corrected chi connectivity index (χ3v) is 14.5. The van der Waals surface area contributed by atoms with Crippen molar-refractivity contribution < 1.29 is 4.74 Å². The third kappa shape index (κ3) is 5.64. The number of hydrogen-bond donors (Lipinski definition) is 0. The second-order valence-corrected chi connectivity index (χ2v) is 17.9. The van der Waals surface area contributed by atoms with Gasteiger partial charge in [0.2, 0.25) is 0 Å². The van der Waals surface area contributed by atoms with E-state index in [-0.39, 0.29) is 0 Å². The van der Waals surface area contributed by atoms with E-state index in [0.29, 0.717) is 0 Å². The van der Waals surface area contributed by atoms with Gasteiger partial charge in [-0.25, -0.2) is 0 Å². The average Bonchev–Trinajstić information content (AvgIpc) is 3.88. The Hall–Kier alpha value is -7.98. The van der Waals surface area contributed by atoms with Gasteiger partial charge < -0.3 is 9.64 Å². The number of fused-ring (bicyclic) bond motifs is 12. The van der Waals surface area contributed by atoms with Gasteiger partial charge >= 0.3 is 0 Å². The van der Waals surface area contributed by atoms with Crippen LogP contribution in [0.25, 0.3) is 64.7 Å². The summed E-state index contributed by atoms with van der Waals surface area (Å²) in [5.74, 6) is 1.77. The molecular formula is C61H39NOS. The standard InChI is InChI=1S/C61H39NOS/c1-2-13-40(14-3-1)41-25-31-46(32-26-41)62(47-33-27-42(28-34-47)45-29-35-52-51-19-6-11-24-59(51)64-60(52)39-45)48-16-12-15-43(37-48)44-30-36-56-58(38-44)63-57-23-10-9-22-55(57)61(56)53-20-7-4-17-49(53)50-18-5-8-21-54(50)61/h1-39H. The minimum atomic E-state index is -0.490. The van der Waals surface area contributed by atoms with E-state index in [1.807, 2.05) is 11.3 Å². The van der Waals surface area contributed by atoms with E-state index in [9.17, 15) is 0 Å². The first-order valence-corrected chi connectivity index (χ1v) is 22.7. The smallest absolute Gasteiger partial charge is 0.132 e. The normalized spacial score (nSPS) is 12.9. The highest BCUT2D eigenvalue weighted by Gasteiger charge is 2.50. The van der Waals surface area contributed by atoms with Crippen LogP contribution in [0.5, 0.6) is 11.5 Å². The summed E-state index contributed by atoms with van der Waals surface area (Å²) in [5, 5.41) is 2.64. The lowest BCUT2D eigenvalue weighted by atomic mass is 9.66. The van der Waals surface area contributed by atoms with Crippen LogP contribution in [-0.4, -0.2) is 0 Å². The molecule has 1 aliphatic carbocycles. The highest BCUT2D eigenvalue weighted by molar-refractivity contribution is 7.25. The molecule has 3 heteroatoms. The number of nitrogens with zero attached hydrogens (tertiary/aromatic N) is 1. The van der Waals surface area contributed by atoms with Crippen molar-refractivity contribution in [3.63, 3.8) is 0 Å². The van der Waals surface area contributed by atoms with Crippen molar-refractivity contribution in [1.82, 2.24) is 0 Å². The zero-order chi connectivity index (χ0) is 42.2.